The van der Waals surface area contributed by atoms with Crippen molar-refractivity contribution in [2.75, 3.05) is 6.54 Å². The van der Waals surface area contributed by atoms with Crippen LogP contribution in [-0.4, -0.2) is 37.2 Å². The smallest absolute Gasteiger partial charge is 0.326 e. The van der Waals surface area contributed by atoms with Gasteiger partial charge in [-0.15, -0.1) is 0 Å². The summed E-state index contributed by atoms with van der Waals surface area (Å²) in [4.78, 5) is 24.0. The van der Waals surface area contributed by atoms with Crippen LogP contribution in [-0.2, 0) is 0 Å². The van der Waals surface area contributed by atoms with Crippen molar-refractivity contribution in [1.29, 1.82) is 0 Å². The van der Waals surface area contributed by atoms with Crippen LogP contribution in [0.25, 0.3) is 33.2 Å². The highest BCUT2D eigenvalue weighted by Crippen LogP contribution is 2.32. The number of phenols is 1. The van der Waals surface area contributed by atoms with Crippen molar-refractivity contribution < 1.29 is 14.6 Å². The second-order valence-electron chi connectivity index (χ2n) is 7.01. The van der Waals surface area contributed by atoms with Crippen LogP contribution in [0.1, 0.15) is 6.92 Å². The lowest BCUT2D eigenvalue weighted by molar-refractivity contribution is 0.244. The van der Waals surface area contributed by atoms with Crippen molar-refractivity contribution >= 4 is 28.0 Å². The van der Waals surface area contributed by atoms with Crippen LogP contribution in [0.3, 0.4) is 0 Å². The first-order valence-corrected chi connectivity index (χ1v) is 9.82. The molecule has 8 nitrogen and oxygen atoms in total. The van der Waals surface area contributed by atoms with Gasteiger partial charge < -0.3 is 20.1 Å². The third-order valence-electron chi connectivity index (χ3n) is 4.99. The number of H-pyrrole nitrogens is 1. The van der Waals surface area contributed by atoms with Crippen LogP contribution in [0.2, 0.25) is 0 Å². The number of carbonyl (C=O) groups excluding carboxylic acids is 1. The predicted molar refractivity (Wildman–Crippen MR) is 117 cm³/mol. The molecule has 0 aliphatic heterocycles. The molecule has 5 rings (SSSR count). The summed E-state index contributed by atoms with van der Waals surface area (Å²) < 4.78 is 7.64. The first kappa shape index (κ1) is 18.7. The number of hydrogen-bond acceptors (Lipinski definition) is 5. The van der Waals surface area contributed by atoms with E-state index in [0.29, 0.717) is 23.8 Å². The van der Waals surface area contributed by atoms with E-state index >= 15 is 0 Å². The zero-order valence-corrected chi connectivity index (χ0v) is 16.7. The van der Waals surface area contributed by atoms with Gasteiger partial charge in [0, 0.05) is 23.8 Å². The summed E-state index contributed by atoms with van der Waals surface area (Å²) in [7, 11) is 0. The Morgan fingerprint density at radius 2 is 1.97 bits per heavy atom. The molecule has 2 aromatic carbocycles. The Morgan fingerprint density at radius 1 is 1.13 bits per heavy atom. The molecule has 0 spiro atoms. The minimum Gasteiger partial charge on any atom is -0.508 e. The summed E-state index contributed by atoms with van der Waals surface area (Å²) in [6.07, 6.45) is 3.18. The van der Waals surface area contributed by atoms with E-state index in [1.807, 2.05) is 43.3 Å². The number of amides is 1. The number of benzene rings is 2. The van der Waals surface area contributed by atoms with Gasteiger partial charge in [0.1, 0.15) is 23.5 Å². The first-order chi connectivity index (χ1) is 15.1. The molecule has 0 saturated heterocycles. The quantitative estimate of drug-likeness (QED) is 0.398. The van der Waals surface area contributed by atoms with E-state index in [2.05, 4.69) is 20.3 Å². The molecular weight excluding hydrogens is 394 g/mol. The number of phenolic OH excluding ortho intramolecular Hbond substituents is 1. The molecule has 3 aromatic heterocycles. The summed E-state index contributed by atoms with van der Waals surface area (Å²) in [5.41, 5.74) is 3.20. The number of nitrogens with one attached hydrogen (secondary N) is 2. The number of aromatic nitrogens is 4. The van der Waals surface area contributed by atoms with Gasteiger partial charge in [0.2, 0.25) is 5.88 Å². The number of nitrogens with zero attached hydrogens (tertiary/aromatic N) is 3. The second-order valence-corrected chi connectivity index (χ2v) is 7.01. The van der Waals surface area contributed by atoms with Crippen molar-refractivity contribution in [3.05, 3.63) is 67.1 Å². The minimum absolute atomic E-state index is 0.169. The molecule has 3 N–H and O–H groups in total. The molecule has 31 heavy (non-hydrogen) atoms. The van der Waals surface area contributed by atoms with Crippen LogP contribution in [0, 0.1) is 0 Å². The maximum Gasteiger partial charge on any atom is 0.326 e. The molecule has 1 amide bonds. The summed E-state index contributed by atoms with van der Waals surface area (Å²) >= 11 is 0. The largest absolute Gasteiger partial charge is 0.508 e. The van der Waals surface area contributed by atoms with E-state index < -0.39 is 0 Å². The van der Waals surface area contributed by atoms with Crippen LogP contribution >= 0.6 is 0 Å². The molecule has 0 saturated carbocycles. The van der Waals surface area contributed by atoms with Gasteiger partial charge in [-0.1, -0.05) is 0 Å². The average Bonchev–Trinajstić information content (AvgIpc) is 3.39. The maximum absolute atomic E-state index is 12.2. The molecular formula is C23H19N5O3. The molecule has 0 aliphatic rings. The van der Waals surface area contributed by atoms with Crippen LogP contribution < -0.4 is 10.1 Å². The SMILES string of the molecule is CCNC(=O)n1ccc2cc(Oc3ncnc4[nH]c(-c5ccc(O)cc5)cc34)ccc21. The molecule has 154 valence electrons. The van der Waals surface area contributed by atoms with Gasteiger partial charge in [-0.3, -0.25) is 4.57 Å². The number of ether oxygens (including phenoxy) is 1. The topological polar surface area (TPSA) is 105 Å². The molecule has 0 aliphatic carbocycles. The fourth-order valence-corrected chi connectivity index (χ4v) is 3.50. The highest BCUT2D eigenvalue weighted by molar-refractivity contribution is 5.92. The number of aromatic hydroxyl groups is 1. The van der Waals surface area contributed by atoms with Crippen LogP contribution in [0.4, 0.5) is 4.79 Å². The second kappa shape index (κ2) is 7.49. The first-order valence-electron chi connectivity index (χ1n) is 9.82. The van der Waals surface area contributed by atoms with Crippen molar-refractivity contribution in [2.45, 2.75) is 6.92 Å². The van der Waals surface area contributed by atoms with Crippen molar-refractivity contribution in [2.24, 2.45) is 0 Å². The molecule has 0 atom stereocenters. The van der Waals surface area contributed by atoms with Crippen LogP contribution in [0.15, 0.2) is 67.1 Å². The fourth-order valence-electron chi connectivity index (χ4n) is 3.50. The molecule has 0 bridgehead atoms. The Hall–Kier alpha value is -4.33. The molecule has 8 heteroatoms. The number of hydrogen-bond donors (Lipinski definition) is 3. The van der Waals surface area contributed by atoms with Gasteiger partial charge in [0.25, 0.3) is 0 Å². The standard InChI is InChI=1S/C23H19N5O3/c1-2-24-23(30)28-10-9-15-11-17(7-8-20(15)28)31-22-18-12-19(27-21(18)25-13-26-22)14-3-5-16(29)6-4-14/h3-13,29H,2H2,1H3,(H,24,30)(H,25,26,27). The molecule has 3 heterocycles. The van der Waals surface area contributed by atoms with E-state index in [0.717, 1.165) is 27.5 Å². The summed E-state index contributed by atoms with van der Waals surface area (Å²) in [6.45, 7) is 2.44. The number of rotatable bonds is 4. The lowest BCUT2D eigenvalue weighted by Crippen LogP contribution is -2.27. The maximum atomic E-state index is 12.2. The van der Waals surface area contributed by atoms with Crippen molar-refractivity contribution in [3.8, 4) is 28.6 Å². The minimum atomic E-state index is -0.169. The van der Waals surface area contributed by atoms with E-state index in [1.165, 1.54) is 6.33 Å². The van der Waals surface area contributed by atoms with Crippen LogP contribution in [0.5, 0.6) is 17.4 Å². The van der Waals surface area contributed by atoms with E-state index in [9.17, 15) is 9.90 Å². The number of carbonyl (C=O) groups is 1. The molecule has 0 fully saturated rings. The Bertz CT molecular complexity index is 1400. The summed E-state index contributed by atoms with van der Waals surface area (Å²) in [6, 6.07) is 16.0. The van der Waals surface area contributed by atoms with Gasteiger partial charge >= 0.3 is 6.03 Å². The highest BCUT2D eigenvalue weighted by Gasteiger charge is 2.13. The number of aromatic amines is 1. The lowest BCUT2D eigenvalue weighted by Gasteiger charge is -2.07. The van der Waals surface area contributed by atoms with E-state index in [1.54, 1.807) is 29.0 Å². The Balaban J connectivity index is 1.48. The lowest BCUT2D eigenvalue weighted by atomic mass is 10.1. The number of fused-ring (bicyclic) bond motifs is 2. The van der Waals surface area contributed by atoms with E-state index in [4.69, 9.17) is 4.74 Å². The third kappa shape index (κ3) is 3.44. The van der Waals surface area contributed by atoms with Gasteiger partial charge in [-0.2, -0.15) is 0 Å². The van der Waals surface area contributed by atoms with Crippen molar-refractivity contribution in [3.63, 3.8) is 0 Å². The zero-order valence-electron chi connectivity index (χ0n) is 16.7. The monoisotopic (exact) mass is 413 g/mol. The van der Waals surface area contributed by atoms with Crippen molar-refractivity contribution in [1.82, 2.24) is 24.8 Å². The summed E-state index contributed by atoms with van der Waals surface area (Å²) in [5, 5.41) is 13.9. The van der Waals surface area contributed by atoms with Gasteiger partial charge in [-0.05, 0) is 67.1 Å². The van der Waals surface area contributed by atoms with Gasteiger partial charge in [0.05, 0.1) is 10.9 Å². The Morgan fingerprint density at radius 3 is 2.77 bits per heavy atom. The van der Waals surface area contributed by atoms with E-state index in [-0.39, 0.29) is 11.8 Å². The molecule has 0 radical (unpaired) electrons. The highest BCUT2D eigenvalue weighted by atomic mass is 16.5. The zero-order chi connectivity index (χ0) is 21.4. The average molecular weight is 413 g/mol. The summed E-state index contributed by atoms with van der Waals surface area (Å²) in [5.74, 6) is 1.24. The molecule has 5 aromatic rings. The van der Waals surface area contributed by atoms with Gasteiger partial charge in [-0.25, -0.2) is 14.8 Å². The normalized spacial score (nSPS) is 11.1. The fraction of sp³-hybridized carbons (Fsp3) is 0.0870. The molecule has 0 unspecified atom stereocenters. The Kier molecular flexibility index (Phi) is 4.51. The Labute approximate surface area is 177 Å². The van der Waals surface area contributed by atoms with Gasteiger partial charge in [0.15, 0.2) is 0 Å². The third-order valence-corrected chi connectivity index (χ3v) is 4.99. The predicted octanol–water partition coefficient (Wildman–Crippen LogP) is 4.66.